The number of sulfonamides is 1. The van der Waals surface area contributed by atoms with Crippen LogP contribution in [0, 0.1) is 0 Å². The Hall–Kier alpha value is -2.49. The van der Waals surface area contributed by atoms with Crippen molar-refractivity contribution in [2.24, 2.45) is 0 Å². The van der Waals surface area contributed by atoms with Gasteiger partial charge in [-0.1, -0.05) is 12.1 Å². The van der Waals surface area contributed by atoms with E-state index in [1.165, 1.54) is 30.5 Å². The highest BCUT2D eigenvalue weighted by atomic mass is 32.2. The van der Waals surface area contributed by atoms with Crippen LogP contribution in [0.25, 0.3) is 0 Å². The lowest BCUT2D eigenvalue weighted by molar-refractivity contribution is -0.275. The zero-order chi connectivity index (χ0) is 16.4. The maximum Gasteiger partial charge on any atom is 0.573 e. The van der Waals surface area contributed by atoms with E-state index in [0.717, 1.165) is 12.1 Å². The van der Waals surface area contributed by atoms with Gasteiger partial charge >= 0.3 is 6.36 Å². The minimum Gasteiger partial charge on any atom is -0.504 e. The maximum absolute atomic E-state index is 12.3. The number of alkyl halides is 3. The third-order valence-electron chi connectivity index (χ3n) is 2.38. The molecule has 0 atom stereocenters. The van der Waals surface area contributed by atoms with Crippen LogP contribution in [-0.2, 0) is 10.0 Å². The number of nitrogens with one attached hydrogen (secondary N) is 1. The van der Waals surface area contributed by atoms with Crippen LogP contribution < -0.4 is 9.46 Å². The van der Waals surface area contributed by atoms with E-state index in [9.17, 15) is 26.7 Å². The van der Waals surface area contributed by atoms with Crippen molar-refractivity contribution in [1.82, 2.24) is 4.98 Å². The molecule has 0 unspecified atom stereocenters. The fourth-order valence-corrected chi connectivity index (χ4v) is 2.69. The molecule has 0 aliphatic carbocycles. The third kappa shape index (κ3) is 3.79. The number of halogens is 3. The Morgan fingerprint density at radius 3 is 2.45 bits per heavy atom. The normalized spacial score (nSPS) is 12.0. The van der Waals surface area contributed by atoms with Crippen LogP contribution in [0.4, 0.5) is 19.0 Å². The predicted molar refractivity (Wildman–Crippen MR) is 69.8 cm³/mol. The number of aromatic hydroxyl groups is 1. The minimum absolute atomic E-state index is 0.413. The fraction of sp³-hybridized carbons (Fsp3) is 0.0833. The number of pyridine rings is 1. The molecule has 1 aromatic carbocycles. The van der Waals surface area contributed by atoms with Crippen LogP contribution in [0.5, 0.6) is 11.5 Å². The first kappa shape index (κ1) is 15.9. The Labute approximate surface area is 123 Å². The van der Waals surface area contributed by atoms with Crippen molar-refractivity contribution in [3.8, 4) is 11.5 Å². The second-order valence-corrected chi connectivity index (χ2v) is 5.62. The highest BCUT2D eigenvalue weighted by Crippen LogP contribution is 2.31. The van der Waals surface area contributed by atoms with E-state index in [-0.39, 0.29) is 0 Å². The number of nitrogens with zero attached hydrogens (tertiary/aromatic N) is 1. The Balaban J connectivity index is 2.40. The summed E-state index contributed by atoms with van der Waals surface area (Å²) in [6.45, 7) is 0. The summed E-state index contributed by atoms with van der Waals surface area (Å²) in [5.74, 6) is -1.78. The van der Waals surface area contributed by atoms with Gasteiger partial charge in [0.05, 0.1) is 0 Å². The van der Waals surface area contributed by atoms with E-state index >= 15 is 0 Å². The van der Waals surface area contributed by atoms with Gasteiger partial charge in [0.1, 0.15) is 10.6 Å². The van der Waals surface area contributed by atoms with Gasteiger partial charge in [0, 0.05) is 6.20 Å². The third-order valence-corrected chi connectivity index (χ3v) is 3.76. The van der Waals surface area contributed by atoms with Crippen molar-refractivity contribution in [3.05, 3.63) is 42.6 Å². The molecule has 0 bridgehead atoms. The maximum atomic E-state index is 12.3. The summed E-state index contributed by atoms with van der Waals surface area (Å²) in [6.07, 6.45) is -3.84. The van der Waals surface area contributed by atoms with Gasteiger partial charge in [-0.25, -0.2) is 13.4 Å². The number of para-hydroxylation sites is 1. The molecule has 0 aliphatic heterocycles. The summed E-state index contributed by atoms with van der Waals surface area (Å²) < 4.78 is 66.8. The highest BCUT2D eigenvalue weighted by molar-refractivity contribution is 7.92. The number of anilines is 1. The quantitative estimate of drug-likeness (QED) is 0.897. The number of hydrogen-bond acceptors (Lipinski definition) is 5. The van der Waals surface area contributed by atoms with E-state index in [2.05, 4.69) is 9.72 Å². The van der Waals surface area contributed by atoms with Gasteiger partial charge < -0.3 is 9.84 Å². The van der Waals surface area contributed by atoms with Crippen molar-refractivity contribution in [2.75, 3.05) is 4.72 Å². The summed E-state index contributed by atoms with van der Waals surface area (Å²) in [5.41, 5.74) is 0. The van der Waals surface area contributed by atoms with Gasteiger partial charge in [0.2, 0.25) is 0 Å². The minimum atomic E-state index is -5.04. The van der Waals surface area contributed by atoms with Crippen molar-refractivity contribution in [2.45, 2.75) is 11.3 Å². The van der Waals surface area contributed by atoms with E-state index < -0.39 is 38.6 Å². The van der Waals surface area contributed by atoms with Gasteiger partial charge in [0.15, 0.2) is 11.6 Å². The number of hydrogen-bond donors (Lipinski definition) is 2. The van der Waals surface area contributed by atoms with Gasteiger partial charge in [-0.15, -0.1) is 13.2 Å². The second kappa shape index (κ2) is 5.72. The summed E-state index contributed by atoms with van der Waals surface area (Å²) in [4.78, 5) is 2.85. The Kier molecular flexibility index (Phi) is 4.13. The van der Waals surface area contributed by atoms with E-state index in [1.54, 1.807) is 0 Å². The first-order valence-corrected chi connectivity index (χ1v) is 7.19. The van der Waals surface area contributed by atoms with E-state index in [4.69, 9.17) is 0 Å². The van der Waals surface area contributed by atoms with Gasteiger partial charge in [-0.3, -0.25) is 4.72 Å². The molecule has 22 heavy (non-hydrogen) atoms. The standard InChI is InChI=1S/C12H9F3N2O4S/c13-12(14,15)21-9-5-1-2-6-10(9)22(19,20)17-11-8(18)4-3-7-16-11/h1-7,18H,(H,16,17). The molecule has 0 radical (unpaired) electrons. The summed E-state index contributed by atoms with van der Waals surface area (Å²) >= 11 is 0. The Morgan fingerprint density at radius 1 is 1.14 bits per heavy atom. The topological polar surface area (TPSA) is 88.5 Å². The Bertz CT molecular complexity index is 778. The van der Waals surface area contributed by atoms with E-state index in [1.807, 2.05) is 4.72 Å². The predicted octanol–water partition coefficient (Wildman–Crippen LogP) is 2.49. The van der Waals surface area contributed by atoms with Gasteiger partial charge in [0.25, 0.3) is 10.0 Å². The molecule has 0 aliphatic rings. The lowest BCUT2D eigenvalue weighted by atomic mass is 10.3. The molecule has 0 saturated carbocycles. The molecule has 2 N–H and O–H groups in total. The van der Waals surface area contributed by atoms with Crippen LogP contribution in [-0.4, -0.2) is 24.9 Å². The molecule has 6 nitrogen and oxygen atoms in total. The number of aromatic nitrogens is 1. The number of ether oxygens (including phenoxy) is 1. The van der Waals surface area contributed by atoms with Crippen molar-refractivity contribution >= 4 is 15.8 Å². The van der Waals surface area contributed by atoms with Crippen LogP contribution in [0.3, 0.4) is 0 Å². The number of benzene rings is 1. The van der Waals surface area contributed by atoms with Crippen molar-refractivity contribution in [1.29, 1.82) is 0 Å². The fourth-order valence-electron chi connectivity index (χ4n) is 1.54. The summed E-state index contributed by atoms with van der Waals surface area (Å²) in [6, 6.07) is 6.74. The largest absolute Gasteiger partial charge is 0.573 e. The SMILES string of the molecule is O=S(=O)(Nc1ncccc1O)c1ccccc1OC(F)(F)F. The smallest absolute Gasteiger partial charge is 0.504 e. The molecule has 0 saturated heterocycles. The van der Waals surface area contributed by atoms with Gasteiger partial charge in [-0.05, 0) is 24.3 Å². The molecule has 0 fully saturated rings. The molecule has 118 valence electrons. The highest BCUT2D eigenvalue weighted by Gasteiger charge is 2.34. The number of rotatable bonds is 4. The van der Waals surface area contributed by atoms with Crippen LogP contribution in [0.2, 0.25) is 0 Å². The zero-order valence-corrected chi connectivity index (χ0v) is 11.5. The Morgan fingerprint density at radius 2 is 1.82 bits per heavy atom. The van der Waals surface area contributed by atoms with Crippen molar-refractivity contribution in [3.63, 3.8) is 0 Å². The average molecular weight is 334 g/mol. The molecular formula is C12H9F3N2O4S. The summed E-state index contributed by atoms with van der Waals surface area (Å²) in [5, 5.41) is 9.48. The summed E-state index contributed by atoms with van der Waals surface area (Å²) in [7, 11) is -4.44. The molecule has 0 spiro atoms. The second-order valence-electron chi connectivity index (χ2n) is 3.97. The zero-order valence-electron chi connectivity index (χ0n) is 10.7. The van der Waals surface area contributed by atoms with Crippen molar-refractivity contribution < 1.29 is 31.4 Å². The lowest BCUT2D eigenvalue weighted by Crippen LogP contribution is -2.21. The molecule has 2 rings (SSSR count). The van der Waals surface area contributed by atoms with E-state index in [0.29, 0.717) is 0 Å². The molecule has 1 aromatic heterocycles. The lowest BCUT2D eigenvalue weighted by Gasteiger charge is -2.14. The molecule has 1 heterocycles. The van der Waals surface area contributed by atoms with Crippen LogP contribution in [0.1, 0.15) is 0 Å². The molecule has 0 amide bonds. The monoisotopic (exact) mass is 334 g/mol. The first-order valence-electron chi connectivity index (χ1n) is 5.70. The molecular weight excluding hydrogens is 325 g/mol. The van der Waals surface area contributed by atoms with Crippen LogP contribution >= 0.6 is 0 Å². The van der Waals surface area contributed by atoms with Gasteiger partial charge in [-0.2, -0.15) is 0 Å². The average Bonchev–Trinajstić information content (AvgIpc) is 2.40. The van der Waals surface area contributed by atoms with Crippen LogP contribution in [0.15, 0.2) is 47.5 Å². The first-order chi connectivity index (χ1) is 10.2. The molecule has 10 heteroatoms. The molecule has 2 aromatic rings.